The van der Waals surface area contributed by atoms with Gasteiger partial charge in [0.2, 0.25) is 5.91 Å². The zero-order valence-electron chi connectivity index (χ0n) is 23.0. The normalized spacial score (nSPS) is 15.0. The van der Waals surface area contributed by atoms with Gasteiger partial charge < -0.3 is 14.6 Å². The first-order valence-corrected chi connectivity index (χ1v) is 14.6. The molecule has 2 heterocycles. The van der Waals surface area contributed by atoms with Crippen molar-refractivity contribution in [2.45, 2.75) is 50.8 Å². The number of nitrogens with zero attached hydrogens (tertiary/aromatic N) is 1. The third-order valence-electron chi connectivity index (χ3n) is 7.26. The Hall–Kier alpha value is -4.16. The first-order chi connectivity index (χ1) is 19.9. The van der Waals surface area contributed by atoms with Crippen molar-refractivity contribution in [2.75, 3.05) is 16.6 Å². The Balaban J connectivity index is 1.49. The highest BCUT2D eigenvalue weighted by Gasteiger charge is 2.36. The van der Waals surface area contributed by atoms with Crippen LogP contribution in [0.15, 0.2) is 70.1 Å². The Labute approximate surface area is 240 Å². The van der Waals surface area contributed by atoms with E-state index in [2.05, 4.69) is 15.2 Å². The molecule has 8 nitrogen and oxygen atoms in total. The summed E-state index contributed by atoms with van der Waals surface area (Å²) < 4.78 is 79.8. The van der Waals surface area contributed by atoms with Gasteiger partial charge in [-0.2, -0.15) is 13.2 Å². The summed E-state index contributed by atoms with van der Waals surface area (Å²) in [7, 11) is -4.07. The number of anilines is 2. The van der Waals surface area contributed by atoms with Crippen molar-refractivity contribution in [3.63, 3.8) is 0 Å². The van der Waals surface area contributed by atoms with Crippen molar-refractivity contribution in [2.24, 2.45) is 0 Å². The molecule has 1 aliphatic heterocycles. The zero-order valence-corrected chi connectivity index (χ0v) is 23.8. The highest BCUT2D eigenvalue weighted by atomic mass is 32.2. The van der Waals surface area contributed by atoms with E-state index in [-0.39, 0.29) is 35.3 Å². The molecule has 12 heteroatoms. The lowest BCUT2D eigenvalue weighted by atomic mass is 9.90. The number of amides is 1. The van der Waals surface area contributed by atoms with Crippen molar-refractivity contribution in [3.8, 4) is 11.1 Å². The van der Waals surface area contributed by atoms with Crippen LogP contribution in [0.3, 0.4) is 0 Å². The summed E-state index contributed by atoms with van der Waals surface area (Å²) in [6.45, 7) is 5.81. The Morgan fingerprint density at radius 1 is 1.05 bits per heavy atom. The number of benzene rings is 3. The molecule has 1 aromatic heterocycles. The fraction of sp³-hybridized carbons (Fsp3) is 0.267. The number of halogens is 3. The fourth-order valence-corrected chi connectivity index (χ4v) is 6.21. The molecule has 3 aromatic carbocycles. The number of carbonyl (C=O) groups is 1. The van der Waals surface area contributed by atoms with Crippen LogP contribution < -0.4 is 10.0 Å². The molecule has 42 heavy (non-hydrogen) atoms. The summed E-state index contributed by atoms with van der Waals surface area (Å²) in [6, 6.07) is 15.2. The Morgan fingerprint density at radius 2 is 1.81 bits per heavy atom. The molecule has 0 bridgehead atoms. The average molecular weight is 600 g/mol. The van der Waals surface area contributed by atoms with Crippen LogP contribution in [-0.2, 0) is 38.8 Å². The van der Waals surface area contributed by atoms with Gasteiger partial charge >= 0.3 is 6.18 Å². The molecule has 1 aliphatic rings. The number of hydrogen-bond donors (Lipinski definition) is 2. The van der Waals surface area contributed by atoms with Crippen LogP contribution in [0.1, 0.15) is 46.4 Å². The first-order valence-electron chi connectivity index (χ1n) is 13.2. The van der Waals surface area contributed by atoms with E-state index in [0.29, 0.717) is 40.2 Å². The van der Waals surface area contributed by atoms with Gasteiger partial charge in [-0.05, 0) is 67.6 Å². The predicted molar refractivity (Wildman–Crippen MR) is 151 cm³/mol. The maximum absolute atomic E-state index is 13.5. The largest absolute Gasteiger partial charge is 0.416 e. The lowest BCUT2D eigenvalue weighted by Gasteiger charge is -2.17. The van der Waals surface area contributed by atoms with Crippen LogP contribution in [0.2, 0.25) is 0 Å². The van der Waals surface area contributed by atoms with Crippen LogP contribution >= 0.6 is 0 Å². The molecule has 1 atom stereocenters. The topological polar surface area (TPSA) is 111 Å². The SMILES string of the molecule is CCOCc1cc(C[C@@H]2C(=O)Nc3cc(C(F)(F)F)ccc32)ccc1-c1ccccc1S(=O)(=O)Nc1noc(C)c1C. The molecule has 0 spiro atoms. The number of ether oxygens (including phenoxy) is 1. The monoisotopic (exact) mass is 599 g/mol. The van der Waals surface area contributed by atoms with Crippen LogP contribution in [0.25, 0.3) is 11.1 Å². The highest BCUT2D eigenvalue weighted by Crippen LogP contribution is 2.40. The molecular formula is C30H28F3N3O5S. The number of carbonyl (C=O) groups excluding carboxylic acids is 1. The van der Waals surface area contributed by atoms with Crippen LogP contribution in [0.5, 0.6) is 0 Å². The van der Waals surface area contributed by atoms with Gasteiger partial charge in [-0.25, -0.2) is 8.42 Å². The van der Waals surface area contributed by atoms with Gasteiger partial charge in [0.1, 0.15) is 5.76 Å². The molecule has 4 aromatic rings. The molecule has 0 fully saturated rings. The summed E-state index contributed by atoms with van der Waals surface area (Å²) >= 11 is 0. The van der Waals surface area contributed by atoms with Crippen LogP contribution in [0.4, 0.5) is 24.7 Å². The van der Waals surface area contributed by atoms with E-state index in [1.54, 1.807) is 44.2 Å². The quantitative estimate of drug-likeness (QED) is 0.225. The summed E-state index contributed by atoms with van der Waals surface area (Å²) in [5.74, 6) is -0.473. The smallest absolute Gasteiger partial charge is 0.377 e. The second kappa shape index (κ2) is 11.3. The lowest BCUT2D eigenvalue weighted by molar-refractivity contribution is -0.137. The second-order valence-electron chi connectivity index (χ2n) is 9.99. The third-order valence-corrected chi connectivity index (χ3v) is 8.65. The summed E-state index contributed by atoms with van der Waals surface area (Å²) in [6.07, 6.45) is -4.29. The van der Waals surface area contributed by atoms with Gasteiger partial charge in [-0.1, -0.05) is 47.6 Å². The minimum absolute atomic E-state index is 0.0279. The van der Waals surface area contributed by atoms with Crippen LogP contribution in [0, 0.1) is 13.8 Å². The molecule has 220 valence electrons. The van der Waals surface area contributed by atoms with E-state index >= 15 is 0 Å². The van der Waals surface area contributed by atoms with Crippen molar-refractivity contribution < 1.29 is 35.6 Å². The minimum atomic E-state index is -4.52. The Morgan fingerprint density at radius 3 is 2.50 bits per heavy atom. The molecule has 1 amide bonds. The number of aryl methyl sites for hydroxylation is 1. The van der Waals surface area contributed by atoms with Gasteiger partial charge in [-0.15, -0.1) is 0 Å². The number of sulfonamides is 1. The molecule has 2 N–H and O–H groups in total. The first kappa shape index (κ1) is 29.3. The van der Waals surface area contributed by atoms with E-state index in [1.807, 2.05) is 13.0 Å². The van der Waals surface area contributed by atoms with Crippen molar-refractivity contribution in [1.29, 1.82) is 0 Å². The minimum Gasteiger partial charge on any atom is -0.377 e. The molecule has 0 unspecified atom stereocenters. The maximum Gasteiger partial charge on any atom is 0.416 e. The van der Waals surface area contributed by atoms with Gasteiger partial charge in [-0.3, -0.25) is 9.52 Å². The molecular weight excluding hydrogens is 571 g/mol. The van der Waals surface area contributed by atoms with E-state index in [1.165, 1.54) is 12.1 Å². The van der Waals surface area contributed by atoms with Gasteiger partial charge in [0.05, 0.1) is 23.0 Å². The van der Waals surface area contributed by atoms with E-state index in [9.17, 15) is 26.4 Å². The van der Waals surface area contributed by atoms with Gasteiger partial charge in [0, 0.05) is 23.4 Å². The number of fused-ring (bicyclic) bond motifs is 1. The number of rotatable bonds is 9. The number of aromatic nitrogens is 1. The number of nitrogens with one attached hydrogen (secondary N) is 2. The summed E-state index contributed by atoms with van der Waals surface area (Å²) in [5, 5.41) is 6.38. The average Bonchev–Trinajstić information content (AvgIpc) is 3.43. The molecule has 0 aliphatic carbocycles. The fourth-order valence-electron chi connectivity index (χ4n) is 4.93. The van der Waals surface area contributed by atoms with Gasteiger partial charge in [0.15, 0.2) is 5.82 Å². The number of hydrogen-bond acceptors (Lipinski definition) is 6. The Bertz CT molecular complexity index is 1770. The Kier molecular flexibility index (Phi) is 7.86. The van der Waals surface area contributed by atoms with Crippen molar-refractivity contribution in [3.05, 3.63) is 94.2 Å². The highest BCUT2D eigenvalue weighted by molar-refractivity contribution is 7.92. The molecule has 0 radical (unpaired) electrons. The zero-order chi connectivity index (χ0) is 30.2. The standard InChI is InChI=1S/C30H28F3N3O5S/c1-4-40-16-20-13-19(14-25-23-12-10-21(30(31,32)33)15-26(23)34-29(25)37)9-11-22(20)24-7-5-6-8-27(24)42(38,39)36-28-17(2)18(3)41-35-28/h5-13,15,25H,4,14,16H2,1-3H3,(H,34,37)(H,35,36)/t25-/m0/s1. The van der Waals surface area contributed by atoms with E-state index < -0.39 is 27.7 Å². The molecule has 0 saturated heterocycles. The lowest BCUT2D eigenvalue weighted by Crippen LogP contribution is -2.15. The van der Waals surface area contributed by atoms with E-state index in [4.69, 9.17) is 9.26 Å². The maximum atomic E-state index is 13.5. The van der Waals surface area contributed by atoms with E-state index in [0.717, 1.165) is 17.7 Å². The molecule has 5 rings (SSSR count). The van der Waals surface area contributed by atoms with Crippen molar-refractivity contribution >= 4 is 27.4 Å². The second-order valence-corrected chi connectivity index (χ2v) is 11.6. The number of alkyl halides is 3. The van der Waals surface area contributed by atoms with Crippen LogP contribution in [-0.4, -0.2) is 26.1 Å². The van der Waals surface area contributed by atoms with Crippen molar-refractivity contribution in [1.82, 2.24) is 5.16 Å². The predicted octanol–water partition coefficient (Wildman–Crippen LogP) is 6.59. The summed E-state index contributed by atoms with van der Waals surface area (Å²) in [4.78, 5) is 12.8. The summed E-state index contributed by atoms with van der Waals surface area (Å²) in [5.41, 5.74) is 2.87. The molecule has 0 saturated carbocycles. The third kappa shape index (κ3) is 5.77. The van der Waals surface area contributed by atoms with Gasteiger partial charge in [0.25, 0.3) is 10.0 Å².